The number of likely N-dealkylation sites (tertiary alicyclic amines) is 1. The fourth-order valence-electron chi connectivity index (χ4n) is 9.37. The zero-order valence-electron chi connectivity index (χ0n) is 23.0. The van der Waals surface area contributed by atoms with Crippen molar-refractivity contribution in [1.29, 1.82) is 0 Å². The smallest absolute Gasteiger partial charge is 0.250 e. The van der Waals surface area contributed by atoms with Crippen molar-refractivity contribution in [2.45, 2.75) is 75.9 Å². The number of benzene rings is 1. The van der Waals surface area contributed by atoms with E-state index in [1.165, 1.54) is 19.3 Å². The molecule has 8 heteroatoms. The first-order valence-electron chi connectivity index (χ1n) is 15.2. The van der Waals surface area contributed by atoms with Crippen molar-refractivity contribution in [3.8, 4) is 0 Å². The maximum atomic E-state index is 14.0. The van der Waals surface area contributed by atoms with Crippen molar-refractivity contribution in [2.24, 2.45) is 23.2 Å². The van der Waals surface area contributed by atoms with Crippen LogP contribution in [0.1, 0.15) is 64.2 Å². The van der Waals surface area contributed by atoms with E-state index in [1.807, 2.05) is 30.3 Å². The molecule has 8 nitrogen and oxygen atoms in total. The third-order valence-corrected chi connectivity index (χ3v) is 10.8. The summed E-state index contributed by atoms with van der Waals surface area (Å²) in [6, 6.07) is 10.1. The standard InChI is InChI=1S/C31H42N4O4/c36-27(32-19-26-7-4-12-39-26)20-34-21-35(25-5-2-1-3-6-25)31(29(34)38)8-10-33(11-9-31)28(37)30-16-22-13-23(17-30)15-24(14-22)18-30/h1-3,5-6,22-24,26H,4,7-21H2,(H,32,36). The normalized spacial score (nSPS) is 34.8. The first-order chi connectivity index (χ1) is 18.9. The van der Waals surface area contributed by atoms with Gasteiger partial charge in [0.05, 0.1) is 18.2 Å². The summed E-state index contributed by atoms with van der Waals surface area (Å²) < 4.78 is 5.63. The fourth-order valence-corrected chi connectivity index (χ4v) is 9.37. The van der Waals surface area contributed by atoms with Gasteiger partial charge in [-0.2, -0.15) is 0 Å². The number of rotatable bonds is 6. The number of carbonyl (C=O) groups excluding carboxylic acids is 3. The van der Waals surface area contributed by atoms with E-state index in [0.29, 0.717) is 45.1 Å². The van der Waals surface area contributed by atoms with Crippen LogP contribution in [0.3, 0.4) is 0 Å². The molecule has 3 heterocycles. The van der Waals surface area contributed by atoms with Crippen LogP contribution in [0, 0.1) is 23.2 Å². The van der Waals surface area contributed by atoms with E-state index < -0.39 is 5.54 Å². The quantitative estimate of drug-likeness (QED) is 0.606. The summed E-state index contributed by atoms with van der Waals surface area (Å²) in [7, 11) is 0. The van der Waals surface area contributed by atoms with Gasteiger partial charge in [0, 0.05) is 31.9 Å². The predicted octanol–water partition coefficient (Wildman–Crippen LogP) is 3.17. The number of nitrogens with zero attached hydrogens (tertiary/aromatic N) is 3. The van der Waals surface area contributed by atoms with Crippen LogP contribution < -0.4 is 10.2 Å². The number of amides is 3. The summed E-state index contributed by atoms with van der Waals surface area (Å²) in [6.45, 7) is 2.90. The Balaban J connectivity index is 1.06. The van der Waals surface area contributed by atoms with Gasteiger partial charge in [-0.15, -0.1) is 0 Å². The van der Waals surface area contributed by atoms with Gasteiger partial charge in [0.2, 0.25) is 11.8 Å². The highest BCUT2D eigenvalue weighted by Crippen LogP contribution is 2.60. The van der Waals surface area contributed by atoms with Gasteiger partial charge < -0.3 is 24.8 Å². The average molecular weight is 535 g/mol. The van der Waals surface area contributed by atoms with E-state index in [2.05, 4.69) is 15.1 Å². The predicted molar refractivity (Wildman–Crippen MR) is 147 cm³/mol. The SMILES string of the molecule is O=C(CN1CN(c2ccccc2)C2(CCN(C(=O)C34CC5CC(CC(C5)C3)C4)CC2)C1=O)NCC1CCCO1. The number of hydrogen-bond donors (Lipinski definition) is 1. The summed E-state index contributed by atoms with van der Waals surface area (Å²) in [6.07, 6.45) is 10.5. The molecule has 3 saturated heterocycles. The topological polar surface area (TPSA) is 82.2 Å². The van der Waals surface area contributed by atoms with Crippen LogP contribution in [0.5, 0.6) is 0 Å². The molecule has 1 aromatic carbocycles. The number of piperidine rings is 1. The summed E-state index contributed by atoms with van der Waals surface area (Å²) in [5.41, 5.74) is 0.133. The van der Waals surface area contributed by atoms with E-state index in [9.17, 15) is 14.4 Å². The molecule has 0 aromatic heterocycles. The molecule has 0 radical (unpaired) electrons. The fraction of sp³-hybridized carbons (Fsp3) is 0.710. The van der Waals surface area contributed by atoms with Crippen LogP contribution in [0.4, 0.5) is 5.69 Å². The Morgan fingerprint density at radius 2 is 1.64 bits per heavy atom. The zero-order valence-corrected chi connectivity index (χ0v) is 23.0. The van der Waals surface area contributed by atoms with Crippen LogP contribution >= 0.6 is 0 Å². The Hall–Kier alpha value is -2.61. The molecule has 7 fully saturated rings. The van der Waals surface area contributed by atoms with Crippen molar-refractivity contribution in [3.05, 3.63) is 30.3 Å². The molecule has 1 aromatic rings. The summed E-state index contributed by atoms with van der Waals surface area (Å²) >= 11 is 0. The van der Waals surface area contributed by atoms with Gasteiger partial charge in [0.25, 0.3) is 5.91 Å². The molecule has 8 rings (SSSR count). The molecule has 3 amide bonds. The summed E-state index contributed by atoms with van der Waals surface area (Å²) in [5.74, 6) is 2.45. The number of carbonyl (C=O) groups is 3. The summed E-state index contributed by atoms with van der Waals surface area (Å²) in [4.78, 5) is 46.9. The second-order valence-corrected chi connectivity index (χ2v) is 13.4. The number of para-hydroxylation sites is 1. The van der Waals surface area contributed by atoms with Gasteiger partial charge in [0.15, 0.2) is 0 Å². The van der Waals surface area contributed by atoms with Gasteiger partial charge in [0.1, 0.15) is 12.1 Å². The van der Waals surface area contributed by atoms with Gasteiger partial charge in [-0.1, -0.05) is 18.2 Å². The van der Waals surface area contributed by atoms with Crippen molar-refractivity contribution in [1.82, 2.24) is 15.1 Å². The van der Waals surface area contributed by atoms with E-state index in [1.54, 1.807) is 4.90 Å². The monoisotopic (exact) mass is 534 g/mol. The van der Waals surface area contributed by atoms with Crippen LogP contribution in [-0.4, -0.2) is 78.6 Å². The lowest BCUT2D eigenvalue weighted by Crippen LogP contribution is -2.61. The van der Waals surface area contributed by atoms with E-state index in [-0.39, 0.29) is 29.9 Å². The Bertz CT molecular complexity index is 1070. The minimum Gasteiger partial charge on any atom is -0.376 e. The second kappa shape index (κ2) is 9.79. The number of ether oxygens (including phenoxy) is 1. The molecule has 1 spiro atoms. The molecule has 4 aliphatic carbocycles. The molecular weight excluding hydrogens is 492 g/mol. The molecular formula is C31H42N4O4. The van der Waals surface area contributed by atoms with Crippen LogP contribution in [-0.2, 0) is 19.1 Å². The van der Waals surface area contributed by atoms with Crippen LogP contribution in [0.2, 0.25) is 0 Å². The molecule has 3 aliphatic heterocycles. The van der Waals surface area contributed by atoms with Crippen molar-refractivity contribution < 1.29 is 19.1 Å². The van der Waals surface area contributed by atoms with Gasteiger partial charge >= 0.3 is 0 Å². The number of nitrogens with one attached hydrogen (secondary N) is 1. The van der Waals surface area contributed by atoms with E-state index >= 15 is 0 Å². The van der Waals surface area contributed by atoms with Crippen LogP contribution in [0.15, 0.2) is 30.3 Å². The highest BCUT2D eigenvalue weighted by atomic mass is 16.5. The molecule has 39 heavy (non-hydrogen) atoms. The van der Waals surface area contributed by atoms with Gasteiger partial charge in [-0.25, -0.2) is 0 Å². The first-order valence-corrected chi connectivity index (χ1v) is 15.2. The Labute approximate surface area is 231 Å². The maximum Gasteiger partial charge on any atom is 0.250 e. The highest BCUT2D eigenvalue weighted by molar-refractivity contribution is 5.96. The van der Waals surface area contributed by atoms with E-state index in [0.717, 1.165) is 62.2 Å². The maximum absolute atomic E-state index is 14.0. The molecule has 7 aliphatic rings. The molecule has 1 unspecified atom stereocenters. The Morgan fingerprint density at radius 3 is 2.26 bits per heavy atom. The third-order valence-electron chi connectivity index (χ3n) is 10.8. The van der Waals surface area contributed by atoms with Crippen molar-refractivity contribution in [2.75, 3.05) is 44.4 Å². The lowest BCUT2D eigenvalue weighted by Gasteiger charge is -2.57. The van der Waals surface area contributed by atoms with Gasteiger partial charge in [-0.3, -0.25) is 14.4 Å². The molecule has 4 bridgehead atoms. The number of anilines is 1. The minimum absolute atomic E-state index is 0.0144. The third kappa shape index (κ3) is 4.43. The highest BCUT2D eigenvalue weighted by Gasteiger charge is 2.58. The largest absolute Gasteiger partial charge is 0.376 e. The molecule has 210 valence electrons. The van der Waals surface area contributed by atoms with Crippen LogP contribution in [0.25, 0.3) is 0 Å². The average Bonchev–Trinajstić information content (AvgIpc) is 3.55. The van der Waals surface area contributed by atoms with Crippen molar-refractivity contribution in [3.63, 3.8) is 0 Å². The van der Waals surface area contributed by atoms with Gasteiger partial charge in [-0.05, 0) is 94.1 Å². The lowest BCUT2D eigenvalue weighted by molar-refractivity contribution is -0.160. The lowest BCUT2D eigenvalue weighted by atomic mass is 9.49. The molecule has 1 atom stereocenters. The summed E-state index contributed by atoms with van der Waals surface area (Å²) in [5, 5.41) is 2.97. The van der Waals surface area contributed by atoms with Crippen molar-refractivity contribution >= 4 is 23.4 Å². The molecule has 1 N–H and O–H groups in total. The zero-order chi connectivity index (χ0) is 26.6. The molecule has 4 saturated carbocycles. The first kappa shape index (κ1) is 25.4. The van der Waals surface area contributed by atoms with E-state index in [4.69, 9.17) is 4.74 Å². The minimum atomic E-state index is -0.714. The number of hydrogen-bond acceptors (Lipinski definition) is 5. The Kier molecular flexibility index (Phi) is 6.37. The second-order valence-electron chi connectivity index (χ2n) is 13.4. The Morgan fingerprint density at radius 1 is 0.974 bits per heavy atom.